The molecule has 2 saturated heterocycles. The summed E-state index contributed by atoms with van der Waals surface area (Å²) in [5.74, 6) is 0.265. The van der Waals surface area contributed by atoms with Gasteiger partial charge in [-0.3, -0.25) is 23.3 Å². The Kier molecular flexibility index (Phi) is 12.8. The molecule has 3 N–H and O–H groups in total. The van der Waals surface area contributed by atoms with Gasteiger partial charge in [0.25, 0.3) is 0 Å². The van der Waals surface area contributed by atoms with E-state index in [1.54, 1.807) is 27.0 Å². The summed E-state index contributed by atoms with van der Waals surface area (Å²) in [5.41, 5.74) is -0.828. The number of carbonyl (C=O) groups is 1. The number of amides is 1. The van der Waals surface area contributed by atoms with E-state index in [0.717, 1.165) is 25.8 Å². The van der Waals surface area contributed by atoms with Crippen molar-refractivity contribution in [1.29, 1.82) is 0 Å². The normalized spacial score (nSPS) is 34.0. The van der Waals surface area contributed by atoms with E-state index >= 15 is 0 Å². The van der Waals surface area contributed by atoms with Crippen LogP contribution in [0.2, 0.25) is 0 Å². The van der Waals surface area contributed by atoms with E-state index in [0.29, 0.717) is 5.92 Å². The summed E-state index contributed by atoms with van der Waals surface area (Å²) >= 11 is 7.65. The summed E-state index contributed by atoms with van der Waals surface area (Å²) in [6, 6.07) is -1.08. The second-order valence-corrected chi connectivity index (χ2v) is 12.3. The van der Waals surface area contributed by atoms with Crippen LogP contribution in [-0.2, 0) is 27.7 Å². The largest absolute Gasteiger partial charge is 0.475 e. The SMILES string of the molecule is CCC[C@@H]1C[C@@H](C(=O)N[C@@H]([C@H]2O[C@H](SC)[C@H](OP(=O)(OCC)OCC)[C@@H](O)[C@H]2O)[C@H](C)Cl)N(C)C1. The second kappa shape index (κ2) is 14.3. The molecule has 0 aromatic carbocycles. The molecule has 2 aliphatic heterocycles. The van der Waals surface area contributed by atoms with E-state index in [9.17, 15) is 19.6 Å². The number of hydrogen-bond donors (Lipinski definition) is 3. The number of ether oxygens (including phenoxy) is 1. The fourth-order valence-corrected chi connectivity index (χ4v) is 7.15. The number of aliphatic hydroxyl groups is 2. The average Bonchev–Trinajstić information content (AvgIpc) is 3.16. The van der Waals surface area contributed by atoms with Gasteiger partial charge in [-0.1, -0.05) is 13.3 Å². The predicted molar refractivity (Wildman–Crippen MR) is 137 cm³/mol. The molecule has 10 nitrogen and oxygen atoms in total. The number of phosphoric ester groups is 1. The van der Waals surface area contributed by atoms with Crippen LogP contribution < -0.4 is 5.32 Å². The Labute approximate surface area is 218 Å². The molecule has 2 aliphatic rings. The minimum absolute atomic E-state index is 0.0721. The molecule has 0 radical (unpaired) electrons. The molecule has 9 atom stereocenters. The molecule has 2 heterocycles. The maximum atomic E-state index is 13.2. The van der Waals surface area contributed by atoms with Gasteiger partial charge in [0.15, 0.2) is 0 Å². The molecule has 0 aliphatic carbocycles. The number of aliphatic hydroxyl groups excluding tert-OH is 2. The van der Waals surface area contributed by atoms with Crippen LogP contribution in [0.25, 0.3) is 0 Å². The molecular formula is C22H42ClN2O8PS. The molecule has 13 heteroatoms. The van der Waals surface area contributed by atoms with Crippen molar-refractivity contribution in [1.82, 2.24) is 10.2 Å². The van der Waals surface area contributed by atoms with Crippen molar-refractivity contribution in [2.75, 3.05) is 33.1 Å². The number of likely N-dealkylation sites (tertiary alicyclic amines) is 1. The van der Waals surface area contributed by atoms with Gasteiger partial charge in [0.1, 0.15) is 29.9 Å². The highest BCUT2D eigenvalue weighted by atomic mass is 35.5. The highest BCUT2D eigenvalue weighted by Gasteiger charge is 2.52. The van der Waals surface area contributed by atoms with E-state index in [1.165, 1.54) is 11.8 Å². The molecule has 0 bridgehead atoms. The number of hydrogen-bond acceptors (Lipinski definition) is 10. The van der Waals surface area contributed by atoms with Crippen LogP contribution in [0.15, 0.2) is 0 Å². The standard InChI is InChI=1S/C22H42ClN2O8PS/c1-7-10-14-11-15(25(5)12-14)21(28)24-16(13(4)23)19-17(26)18(27)20(22(32-19)35-6)33-34(29,30-8-2)31-9-3/h13-20,22,26-27H,7-12H2,1-6H3,(H,24,28)/t13-,14+,15-,16+,17+,18-,19+,20+,22+/m0/s1. The van der Waals surface area contributed by atoms with Crippen molar-refractivity contribution >= 4 is 37.1 Å². The topological polar surface area (TPSA) is 127 Å². The van der Waals surface area contributed by atoms with Crippen molar-refractivity contribution in [3.05, 3.63) is 0 Å². The molecule has 0 saturated carbocycles. The van der Waals surface area contributed by atoms with E-state index in [4.69, 9.17) is 29.9 Å². The first-order valence-corrected chi connectivity index (χ1v) is 15.5. The zero-order valence-corrected chi connectivity index (χ0v) is 23.9. The number of carbonyl (C=O) groups excluding carboxylic acids is 1. The van der Waals surface area contributed by atoms with Crippen LogP contribution in [0.5, 0.6) is 0 Å². The first-order valence-electron chi connectivity index (χ1n) is 12.3. The maximum Gasteiger partial charge on any atom is 0.475 e. The lowest BCUT2D eigenvalue weighted by molar-refractivity contribution is -0.202. The Morgan fingerprint density at radius 1 is 1.26 bits per heavy atom. The summed E-state index contributed by atoms with van der Waals surface area (Å²) in [4.78, 5) is 15.2. The number of nitrogens with one attached hydrogen (secondary N) is 1. The molecule has 0 aromatic rings. The van der Waals surface area contributed by atoms with Gasteiger partial charge >= 0.3 is 7.82 Å². The monoisotopic (exact) mass is 560 g/mol. The zero-order valence-electron chi connectivity index (χ0n) is 21.5. The Morgan fingerprint density at radius 3 is 2.40 bits per heavy atom. The highest BCUT2D eigenvalue weighted by Crippen LogP contribution is 2.52. The van der Waals surface area contributed by atoms with Gasteiger partial charge in [0.2, 0.25) is 5.91 Å². The minimum atomic E-state index is -3.99. The minimum Gasteiger partial charge on any atom is -0.388 e. The summed E-state index contributed by atoms with van der Waals surface area (Å²) in [6.07, 6.45) is -0.568. The van der Waals surface area contributed by atoms with Crippen LogP contribution >= 0.6 is 31.2 Å². The van der Waals surface area contributed by atoms with Crippen LogP contribution in [-0.4, -0.2) is 101 Å². The van der Waals surface area contributed by atoms with Crippen molar-refractivity contribution in [3.8, 4) is 0 Å². The van der Waals surface area contributed by atoms with Gasteiger partial charge in [-0.15, -0.1) is 23.4 Å². The lowest BCUT2D eigenvalue weighted by atomic mass is 9.92. The number of alkyl halides is 1. The third-order valence-corrected chi connectivity index (χ3v) is 9.20. The fourth-order valence-electron chi connectivity index (χ4n) is 4.77. The first kappa shape index (κ1) is 31.3. The van der Waals surface area contributed by atoms with Crippen molar-refractivity contribution < 1.29 is 37.9 Å². The molecule has 2 rings (SSSR count). The molecule has 0 spiro atoms. The van der Waals surface area contributed by atoms with Crippen molar-refractivity contribution in [3.63, 3.8) is 0 Å². The number of thioether (sulfide) groups is 1. The fraction of sp³-hybridized carbons (Fsp3) is 0.955. The smallest absolute Gasteiger partial charge is 0.388 e. The molecule has 2 fully saturated rings. The molecule has 206 valence electrons. The quantitative estimate of drug-likeness (QED) is 0.228. The predicted octanol–water partition coefficient (Wildman–Crippen LogP) is 2.59. The highest BCUT2D eigenvalue weighted by molar-refractivity contribution is 7.99. The second-order valence-electron chi connectivity index (χ2n) is 9.10. The molecule has 35 heavy (non-hydrogen) atoms. The number of phosphoric acid groups is 1. The molecular weight excluding hydrogens is 519 g/mol. The summed E-state index contributed by atoms with van der Waals surface area (Å²) in [6.45, 7) is 8.10. The number of rotatable bonds is 13. The first-order chi connectivity index (χ1) is 16.5. The van der Waals surface area contributed by atoms with Crippen LogP contribution in [0, 0.1) is 5.92 Å². The third-order valence-electron chi connectivity index (χ3n) is 6.43. The Balaban J connectivity index is 2.18. The Morgan fingerprint density at radius 2 is 1.89 bits per heavy atom. The lowest BCUT2D eigenvalue weighted by Gasteiger charge is -2.45. The molecule has 0 aromatic heterocycles. The van der Waals surface area contributed by atoms with Crippen LogP contribution in [0.3, 0.4) is 0 Å². The summed E-state index contributed by atoms with van der Waals surface area (Å²) in [5, 5.41) is 24.3. The van der Waals surface area contributed by atoms with Gasteiger partial charge in [0.05, 0.1) is 30.7 Å². The van der Waals surface area contributed by atoms with Gasteiger partial charge in [0, 0.05) is 6.54 Å². The van der Waals surface area contributed by atoms with E-state index < -0.39 is 49.1 Å². The Bertz CT molecular complexity index is 711. The zero-order chi connectivity index (χ0) is 26.3. The number of halogens is 1. The average molecular weight is 561 g/mol. The maximum absolute atomic E-state index is 13.2. The van der Waals surface area contributed by atoms with Crippen LogP contribution in [0.4, 0.5) is 0 Å². The van der Waals surface area contributed by atoms with E-state index in [-0.39, 0.29) is 25.2 Å². The van der Waals surface area contributed by atoms with Gasteiger partial charge in [-0.25, -0.2) is 4.57 Å². The summed E-state index contributed by atoms with van der Waals surface area (Å²) in [7, 11) is -2.06. The molecule has 1 amide bonds. The third kappa shape index (κ3) is 8.02. The van der Waals surface area contributed by atoms with Gasteiger partial charge < -0.3 is 20.3 Å². The Hall–Kier alpha value is 0.0600. The van der Waals surface area contributed by atoms with Crippen molar-refractivity contribution in [2.24, 2.45) is 5.92 Å². The molecule has 0 unspecified atom stereocenters. The van der Waals surface area contributed by atoms with Gasteiger partial charge in [-0.2, -0.15) is 0 Å². The van der Waals surface area contributed by atoms with Gasteiger partial charge in [-0.05, 0) is 52.8 Å². The summed E-state index contributed by atoms with van der Waals surface area (Å²) < 4.78 is 34.9. The number of nitrogens with zero attached hydrogens (tertiary/aromatic N) is 1. The van der Waals surface area contributed by atoms with Crippen LogP contribution in [0.1, 0.15) is 47.0 Å². The number of likely N-dealkylation sites (N-methyl/N-ethyl adjacent to an activating group) is 1. The van der Waals surface area contributed by atoms with E-state index in [1.807, 2.05) is 11.9 Å². The van der Waals surface area contributed by atoms with E-state index in [2.05, 4.69) is 12.2 Å². The van der Waals surface area contributed by atoms with Crippen molar-refractivity contribution in [2.45, 2.75) is 94.3 Å². The lowest BCUT2D eigenvalue weighted by Crippen LogP contribution is -2.65.